The summed E-state index contributed by atoms with van der Waals surface area (Å²) in [5.41, 5.74) is 2.68. The lowest BCUT2D eigenvalue weighted by Crippen LogP contribution is -2.43. The summed E-state index contributed by atoms with van der Waals surface area (Å²) in [7, 11) is 2.81. The number of carbonyl (C=O) groups is 3. The maximum Gasteiger partial charge on any atom is 0.337 e. The molecular formula is C26H33NO7. The Balaban J connectivity index is 2.22. The van der Waals surface area contributed by atoms with E-state index in [0.717, 1.165) is 0 Å². The molecule has 1 aromatic rings. The van der Waals surface area contributed by atoms with Crippen molar-refractivity contribution in [1.29, 1.82) is 0 Å². The summed E-state index contributed by atoms with van der Waals surface area (Å²) in [6.07, 6.45) is 0.124. The van der Waals surface area contributed by atoms with Gasteiger partial charge in [-0.3, -0.25) is 9.59 Å². The Labute approximate surface area is 200 Å². The maximum atomic E-state index is 13.7. The smallest absolute Gasteiger partial charge is 0.337 e. The fourth-order valence-electron chi connectivity index (χ4n) is 4.70. The second-order valence-electron chi connectivity index (χ2n) is 8.83. The third kappa shape index (κ3) is 4.67. The van der Waals surface area contributed by atoms with Gasteiger partial charge in [0.15, 0.2) is 17.3 Å². The first-order valence-corrected chi connectivity index (χ1v) is 11.5. The van der Waals surface area contributed by atoms with Crippen molar-refractivity contribution in [2.24, 2.45) is 11.8 Å². The van der Waals surface area contributed by atoms with Crippen molar-refractivity contribution in [3.05, 3.63) is 46.3 Å². The summed E-state index contributed by atoms with van der Waals surface area (Å²) in [6, 6.07) is 5.33. The molecule has 3 rings (SSSR count). The van der Waals surface area contributed by atoms with E-state index in [1.165, 1.54) is 14.2 Å². The number of esters is 2. The van der Waals surface area contributed by atoms with E-state index in [9.17, 15) is 14.4 Å². The number of methoxy groups -OCH3 is 2. The number of ether oxygens (including phenoxy) is 4. The Kier molecular flexibility index (Phi) is 7.69. The third-order valence-corrected chi connectivity index (χ3v) is 6.13. The molecule has 0 aromatic heterocycles. The van der Waals surface area contributed by atoms with Crippen LogP contribution in [0, 0.1) is 11.8 Å². The monoisotopic (exact) mass is 471 g/mol. The highest BCUT2D eigenvalue weighted by atomic mass is 16.5. The highest BCUT2D eigenvalue weighted by Gasteiger charge is 2.47. The Morgan fingerprint density at radius 3 is 2.47 bits per heavy atom. The van der Waals surface area contributed by atoms with Crippen LogP contribution in [0.15, 0.2) is 40.7 Å². The lowest BCUT2D eigenvalue weighted by atomic mass is 9.69. The van der Waals surface area contributed by atoms with Gasteiger partial charge in [0, 0.05) is 22.9 Å². The van der Waals surface area contributed by atoms with Crippen LogP contribution in [0.2, 0.25) is 0 Å². The number of benzene rings is 1. The zero-order valence-corrected chi connectivity index (χ0v) is 20.8. The lowest BCUT2D eigenvalue weighted by molar-refractivity contribution is -0.151. The van der Waals surface area contributed by atoms with Crippen LogP contribution in [0.4, 0.5) is 0 Å². The van der Waals surface area contributed by atoms with E-state index in [1.54, 1.807) is 32.9 Å². The van der Waals surface area contributed by atoms with E-state index in [-0.39, 0.29) is 17.8 Å². The van der Waals surface area contributed by atoms with Gasteiger partial charge >= 0.3 is 11.9 Å². The Morgan fingerprint density at radius 1 is 1.18 bits per heavy atom. The quantitative estimate of drug-likeness (QED) is 0.475. The number of nitrogens with one attached hydrogen (secondary N) is 1. The number of dihydropyridines is 1. The van der Waals surface area contributed by atoms with Gasteiger partial charge in [0.05, 0.1) is 32.5 Å². The molecule has 8 nitrogen and oxygen atoms in total. The number of allylic oxidation sites excluding steroid dienone is 3. The van der Waals surface area contributed by atoms with Gasteiger partial charge in [0.2, 0.25) is 0 Å². The molecular weight excluding hydrogens is 438 g/mol. The van der Waals surface area contributed by atoms with Crippen LogP contribution in [0.5, 0.6) is 11.5 Å². The molecule has 2 aliphatic rings. The second kappa shape index (κ2) is 10.3. The number of rotatable bonds is 7. The second-order valence-corrected chi connectivity index (χ2v) is 8.83. The van der Waals surface area contributed by atoms with Crippen molar-refractivity contribution in [1.82, 2.24) is 5.32 Å². The topological polar surface area (TPSA) is 100 Å². The van der Waals surface area contributed by atoms with Crippen LogP contribution in [0.25, 0.3) is 0 Å². The van der Waals surface area contributed by atoms with Gasteiger partial charge < -0.3 is 24.3 Å². The van der Waals surface area contributed by atoms with Crippen LogP contribution in [0.1, 0.15) is 52.5 Å². The number of hydrogen-bond acceptors (Lipinski definition) is 8. The van der Waals surface area contributed by atoms with E-state index in [2.05, 4.69) is 5.32 Å². The molecule has 0 spiro atoms. The first-order chi connectivity index (χ1) is 16.1. The van der Waals surface area contributed by atoms with Gasteiger partial charge in [0.1, 0.15) is 5.92 Å². The molecule has 0 bridgehead atoms. The van der Waals surface area contributed by atoms with Crippen molar-refractivity contribution in [3.63, 3.8) is 0 Å². The molecule has 184 valence electrons. The first kappa shape index (κ1) is 25.3. The van der Waals surface area contributed by atoms with Crippen LogP contribution in [0.3, 0.4) is 0 Å². The molecule has 1 aliphatic heterocycles. The molecule has 0 saturated carbocycles. The van der Waals surface area contributed by atoms with Crippen molar-refractivity contribution in [3.8, 4) is 11.5 Å². The highest BCUT2D eigenvalue weighted by Crippen LogP contribution is 2.46. The van der Waals surface area contributed by atoms with E-state index in [1.807, 2.05) is 19.9 Å². The molecule has 1 aliphatic carbocycles. The number of Topliss-reactive ketones (excluding diaryl/α,β-unsaturated/α-hetero) is 1. The molecule has 1 heterocycles. The number of ketones is 1. The summed E-state index contributed by atoms with van der Waals surface area (Å²) in [5, 5.41) is 3.25. The van der Waals surface area contributed by atoms with Crippen LogP contribution in [-0.2, 0) is 23.9 Å². The van der Waals surface area contributed by atoms with Gasteiger partial charge in [0.25, 0.3) is 0 Å². The zero-order chi connectivity index (χ0) is 25.2. The van der Waals surface area contributed by atoms with Gasteiger partial charge in [-0.2, -0.15) is 0 Å². The normalized spacial score (nSPS) is 22.2. The Morgan fingerprint density at radius 2 is 1.88 bits per heavy atom. The minimum Gasteiger partial charge on any atom is -0.493 e. The minimum atomic E-state index is -0.946. The SMILES string of the molecule is CCOc1ccc([C@@H]2C(C(=O)OC(C)C)=C(C)NC3=C2C(=O)[C@@H](C(=O)OC)[C@@H](C)C3)cc1OC. The van der Waals surface area contributed by atoms with E-state index >= 15 is 0 Å². The molecule has 0 radical (unpaired) electrons. The van der Waals surface area contributed by atoms with Gasteiger partial charge in [-0.1, -0.05) is 13.0 Å². The highest BCUT2D eigenvalue weighted by molar-refractivity contribution is 6.12. The van der Waals surface area contributed by atoms with Crippen molar-refractivity contribution >= 4 is 17.7 Å². The third-order valence-electron chi connectivity index (χ3n) is 6.13. The van der Waals surface area contributed by atoms with Gasteiger partial charge in [-0.15, -0.1) is 0 Å². The van der Waals surface area contributed by atoms with Crippen LogP contribution in [-0.4, -0.2) is 44.7 Å². The fraction of sp³-hybridized carbons (Fsp3) is 0.500. The van der Waals surface area contributed by atoms with Gasteiger partial charge in [-0.05, 0) is 57.7 Å². The number of carbonyl (C=O) groups excluding carboxylic acids is 3. The predicted octanol–water partition coefficient (Wildman–Crippen LogP) is 3.66. The van der Waals surface area contributed by atoms with Crippen molar-refractivity contribution in [2.75, 3.05) is 20.8 Å². The molecule has 8 heteroatoms. The first-order valence-electron chi connectivity index (χ1n) is 11.5. The molecule has 1 aromatic carbocycles. The summed E-state index contributed by atoms with van der Waals surface area (Å²) >= 11 is 0. The van der Waals surface area contributed by atoms with Crippen molar-refractivity contribution in [2.45, 2.75) is 53.1 Å². The summed E-state index contributed by atoms with van der Waals surface area (Å²) < 4.78 is 21.6. The minimum absolute atomic E-state index is 0.251. The molecule has 34 heavy (non-hydrogen) atoms. The number of hydrogen-bond donors (Lipinski definition) is 1. The van der Waals surface area contributed by atoms with E-state index in [4.69, 9.17) is 18.9 Å². The largest absolute Gasteiger partial charge is 0.493 e. The zero-order valence-electron chi connectivity index (χ0n) is 20.8. The average molecular weight is 472 g/mol. The molecule has 1 N–H and O–H groups in total. The van der Waals surface area contributed by atoms with Crippen molar-refractivity contribution < 1.29 is 33.3 Å². The average Bonchev–Trinajstić information content (AvgIpc) is 2.77. The van der Waals surface area contributed by atoms with E-state index < -0.39 is 23.8 Å². The molecule has 0 fully saturated rings. The Bertz CT molecular complexity index is 1050. The summed E-state index contributed by atoms with van der Waals surface area (Å²) in [4.78, 5) is 39.5. The molecule has 0 unspecified atom stereocenters. The maximum absolute atomic E-state index is 13.7. The fourth-order valence-corrected chi connectivity index (χ4v) is 4.70. The predicted molar refractivity (Wildman–Crippen MR) is 125 cm³/mol. The van der Waals surface area contributed by atoms with Crippen LogP contribution >= 0.6 is 0 Å². The summed E-state index contributed by atoms with van der Waals surface area (Å²) in [5.74, 6) is -2.35. The molecule has 3 atom stereocenters. The van der Waals surface area contributed by atoms with Gasteiger partial charge in [-0.25, -0.2) is 4.79 Å². The summed E-state index contributed by atoms with van der Waals surface area (Å²) in [6.45, 7) is 9.51. The standard InChI is InChI=1S/C26H33NO7/c1-8-33-18-10-9-16(12-19(18)31-6)22-21(26(30)34-13(2)3)15(5)27-17-11-14(4)20(25(29)32-7)24(28)23(17)22/h9-10,12-14,20,22,27H,8,11H2,1-7H3/t14-,20-,22+/m0/s1. The molecule has 0 amide bonds. The van der Waals surface area contributed by atoms with Crippen LogP contribution < -0.4 is 14.8 Å². The lowest BCUT2D eigenvalue weighted by Gasteiger charge is -2.38. The Hall–Kier alpha value is -3.29. The van der Waals surface area contributed by atoms with E-state index in [0.29, 0.717) is 52.6 Å². The molecule has 0 saturated heterocycles.